The molecule has 1 fully saturated rings. The maximum absolute atomic E-state index is 13.3. The van der Waals surface area contributed by atoms with Gasteiger partial charge in [-0.15, -0.1) is 0 Å². The fourth-order valence-corrected chi connectivity index (χ4v) is 4.23. The summed E-state index contributed by atoms with van der Waals surface area (Å²) in [4.78, 5) is 28.2. The number of carbonyl (C=O) groups is 2. The van der Waals surface area contributed by atoms with Crippen LogP contribution in [0.3, 0.4) is 0 Å². The first-order valence-corrected chi connectivity index (χ1v) is 11.4. The van der Waals surface area contributed by atoms with Crippen LogP contribution in [0.4, 0.5) is 4.39 Å². The zero-order valence-electron chi connectivity index (χ0n) is 18.6. The van der Waals surface area contributed by atoms with Crippen LogP contribution in [0.5, 0.6) is 0 Å². The van der Waals surface area contributed by atoms with Crippen LogP contribution in [0.15, 0.2) is 48.5 Å². The van der Waals surface area contributed by atoms with E-state index in [1.54, 1.807) is 17.0 Å². The Balaban J connectivity index is 1.79. The summed E-state index contributed by atoms with van der Waals surface area (Å²) in [5, 5.41) is 3.19. The molecule has 0 bridgehead atoms. The Morgan fingerprint density at radius 2 is 1.61 bits per heavy atom. The molecule has 0 unspecified atom stereocenters. The Morgan fingerprint density at radius 3 is 2.23 bits per heavy atom. The van der Waals surface area contributed by atoms with Gasteiger partial charge in [0.2, 0.25) is 11.8 Å². The molecule has 166 valence electrons. The van der Waals surface area contributed by atoms with E-state index in [0.717, 1.165) is 42.4 Å². The van der Waals surface area contributed by atoms with Crippen LogP contribution < -0.4 is 5.32 Å². The van der Waals surface area contributed by atoms with Gasteiger partial charge in [0.15, 0.2) is 0 Å². The van der Waals surface area contributed by atoms with Crippen LogP contribution >= 0.6 is 0 Å². The van der Waals surface area contributed by atoms with E-state index in [-0.39, 0.29) is 30.1 Å². The first-order valence-electron chi connectivity index (χ1n) is 11.4. The van der Waals surface area contributed by atoms with Gasteiger partial charge < -0.3 is 10.2 Å². The predicted octanol–water partition coefficient (Wildman–Crippen LogP) is 4.93. The number of hydrogen-bond acceptors (Lipinski definition) is 2. The molecule has 31 heavy (non-hydrogen) atoms. The minimum atomic E-state index is -0.531. The summed E-state index contributed by atoms with van der Waals surface area (Å²) < 4.78 is 13.3. The number of hydrogen-bond donors (Lipinski definition) is 1. The van der Waals surface area contributed by atoms with Crippen LogP contribution in [0.25, 0.3) is 0 Å². The fraction of sp³-hybridized carbons (Fsp3) is 0.462. The Labute approximate surface area is 184 Å². The van der Waals surface area contributed by atoms with Crippen molar-refractivity contribution in [2.75, 3.05) is 0 Å². The second-order valence-corrected chi connectivity index (χ2v) is 8.58. The highest BCUT2D eigenvalue weighted by molar-refractivity contribution is 5.88. The fourth-order valence-electron chi connectivity index (χ4n) is 4.23. The standard InChI is InChI=1S/C26H33FN2O2/c1-3-24(26(31)28-23-7-5-4-6-8-23)29(18-21-11-9-19(2)10-12-21)25(30)17-20-13-15-22(27)16-14-20/h9-16,23-24H,3-8,17-18H2,1-2H3,(H,28,31)/t24-/m1/s1. The van der Waals surface area contributed by atoms with Crippen molar-refractivity contribution in [2.45, 2.75) is 77.4 Å². The zero-order valence-corrected chi connectivity index (χ0v) is 18.6. The number of halogens is 1. The van der Waals surface area contributed by atoms with Crippen molar-refractivity contribution in [1.29, 1.82) is 0 Å². The van der Waals surface area contributed by atoms with E-state index in [1.165, 1.54) is 18.6 Å². The van der Waals surface area contributed by atoms with Gasteiger partial charge in [0, 0.05) is 12.6 Å². The Morgan fingerprint density at radius 1 is 1.00 bits per heavy atom. The summed E-state index contributed by atoms with van der Waals surface area (Å²) in [5.74, 6) is -0.530. The van der Waals surface area contributed by atoms with Crippen molar-refractivity contribution >= 4 is 11.8 Å². The maximum Gasteiger partial charge on any atom is 0.243 e. The molecule has 0 aliphatic heterocycles. The number of aryl methyl sites for hydroxylation is 1. The Bertz CT molecular complexity index is 858. The molecule has 0 spiro atoms. The molecule has 1 N–H and O–H groups in total. The molecular weight excluding hydrogens is 391 g/mol. The van der Waals surface area contributed by atoms with E-state index >= 15 is 0 Å². The average molecular weight is 425 g/mol. The molecule has 2 aromatic carbocycles. The molecule has 2 amide bonds. The molecular formula is C26H33FN2O2. The molecule has 4 nitrogen and oxygen atoms in total. The lowest BCUT2D eigenvalue weighted by atomic mass is 9.95. The molecule has 2 aromatic rings. The third-order valence-electron chi connectivity index (χ3n) is 6.08. The van der Waals surface area contributed by atoms with Gasteiger partial charge in [-0.05, 0) is 49.4 Å². The van der Waals surface area contributed by atoms with E-state index < -0.39 is 6.04 Å². The molecule has 1 saturated carbocycles. The molecule has 0 radical (unpaired) electrons. The van der Waals surface area contributed by atoms with Crippen LogP contribution in [-0.4, -0.2) is 28.8 Å². The zero-order chi connectivity index (χ0) is 22.2. The lowest BCUT2D eigenvalue weighted by Gasteiger charge is -2.33. The number of rotatable bonds is 8. The van der Waals surface area contributed by atoms with Gasteiger partial charge in [-0.3, -0.25) is 9.59 Å². The van der Waals surface area contributed by atoms with E-state index in [2.05, 4.69) is 5.32 Å². The van der Waals surface area contributed by atoms with Gasteiger partial charge in [-0.25, -0.2) is 4.39 Å². The molecule has 1 aliphatic carbocycles. The average Bonchev–Trinajstić information content (AvgIpc) is 2.77. The van der Waals surface area contributed by atoms with Crippen molar-refractivity contribution in [3.8, 4) is 0 Å². The van der Waals surface area contributed by atoms with Crippen LogP contribution in [0, 0.1) is 12.7 Å². The van der Waals surface area contributed by atoms with E-state index in [9.17, 15) is 14.0 Å². The van der Waals surface area contributed by atoms with Gasteiger partial charge in [0.25, 0.3) is 0 Å². The van der Waals surface area contributed by atoms with Gasteiger partial charge in [0.1, 0.15) is 11.9 Å². The van der Waals surface area contributed by atoms with Crippen LogP contribution in [-0.2, 0) is 22.6 Å². The second-order valence-electron chi connectivity index (χ2n) is 8.58. The minimum absolute atomic E-state index is 0.0750. The summed E-state index contributed by atoms with van der Waals surface area (Å²) >= 11 is 0. The number of benzene rings is 2. The lowest BCUT2D eigenvalue weighted by molar-refractivity contribution is -0.141. The summed E-state index contributed by atoms with van der Waals surface area (Å²) in [7, 11) is 0. The number of amides is 2. The Kier molecular flexibility index (Phi) is 8.21. The van der Waals surface area contributed by atoms with E-state index in [1.807, 2.05) is 38.1 Å². The first-order chi connectivity index (χ1) is 15.0. The topological polar surface area (TPSA) is 49.4 Å². The van der Waals surface area contributed by atoms with Gasteiger partial charge >= 0.3 is 0 Å². The summed E-state index contributed by atoms with van der Waals surface area (Å²) in [6.45, 7) is 4.34. The second kappa shape index (κ2) is 11.1. The third-order valence-corrected chi connectivity index (χ3v) is 6.08. The molecule has 5 heteroatoms. The van der Waals surface area contributed by atoms with E-state index in [4.69, 9.17) is 0 Å². The monoisotopic (exact) mass is 424 g/mol. The normalized spacial score (nSPS) is 15.3. The van der Waals surface area contributed by atoms with Crippen molar-refractivity contribution < 1.29 is 14.0 Å². The lowest BCUT2D eigenvalue weighted by Crippen LogP contribution is -2.51. The quantitative estimate of drug-likeness (QED) is 0.653. The van der Waals surface area contributed by atoms with Gasteiger partial charge in [-0.1, -0.05) is 68.1 Å². The Hall–Kier alpha value is -2.69. The summed E-state index contributed by atoms with van der Waals surface area (Å²) in [6.07, 6.45) is 6.18. The predicted molar refractivity (Wildman–Crippen MR) is 121 cm³/mol. The van der Waals surface area contributed by atoms with Crippen molar-refractivity contribution in [3.63, 3.8) is 0 Å². The largest absolute Gasteiger partial charge is 0.352 e. The number of carbonyl (C=O) groups excluding carboxylic acids is 2. The highest BCUT2D eigenvalue weighted by Crippen LogP contribution is 2.20. The highest BCUT2D eigenvalue weighted by Gasteiger charge is 2.30. The van der Waals surface area contributed by atoms with Crippen molar-refractivity contribution in [3.05, 3.63) is 71.0 Å². The maximum atomic E-state index is 13.3. The van der Waals surface area contributed by atoms with E-state index in [0.29, 0.717) is 13.0 Å². The molecule has 0 saturated heterocycles. The first kappa shape index (κ1) is 23.0. The van der Waals surface area contributed by atoms with Crippen molar-refractivity contribution in [1.82, 2.24) is 10.2 Å². The van der Waals surface area contributed by atoms with Crippen LogP contribution in [0.1, 0.15) is 62.1 Å². The van der Waals surface area contributed by atoms with Crippen molar-refractivity contribution in [2.24, 2.45) is 0 Å². The molecule has 0 aromatic heterocycles. The number of nitrogens with zero attached hydrogens (tertiary/aromatic N) is 1. The van der Waals surface area contributed by atoms with Crippen LogP contribution in [0.2, 0.25) is 0 Å². The SMILES string of the molecule is CC[C@H](C(=O)NC1CCCCC1)N(Cc1ccc(C)cc1)C(=O)Cc1ccc(F)cc1. The smallest absolute Gasteiger partial charge is 0.243 e. The summed E-state index contributed by atoms with van der Waals surface area (Å²) in [6, 6.07) is 13.7. The van der Waals surface area contributed by atoms with Gasteiger partial charge in [0.05, 0.1) is 6.42 Å². The third kappa shape index (κ3) is 6.65. The number of nitrogens with one attached hydrogen (secondary N) is 1. The molecule has 1 atom stereocenters. The van der Waals surface area contributed by atoms with Gasteiger partial charge in [-0.2, -0.15) is 0 Å². The minimum Gasteiger partial charge on any atom is -0.352 e. The highest BCUT2D eigenvalue weighted by atomic mass is 19.1. The summed E-state index contributed by atoms with van der Waals surface area (Å²) in [5.41, 5.74) is 2.87. The molecule has 3 rings (SSSR count). The molecule has 0 heterocycles. The molecule has 1 aliphatic rings.